The zero-order valence-electron chi connectivity index (χ0n) is 20.7. The number of aromatic nitrogens is 1. The first-order valence-corrected chi connectivity index (χ1v) is 14.7. The maximum Gasteiger partial charge on any atom is 0.129 e. The fourth-order valence-electron chi connectivity index (χ4n) is 6.34. The van der Waals surface area contributed by atoms with Crippen molar-refractivity contribution in [2.75, 3.05) is 0 Å². The highest BCUT2D eigenvalue weighted by Crippen LogP contribution is 2.58. The molecule has 0 aliphatic heterocycles. The third kappa shape index (κ3) is 4.61. The number of hydrogen-bond acceptors (Lipinski definition) is 1. The van der Waals surface area contributed by atoms with E-state index >= 15 is 0 Å². The van der Waals surface area contributed by atoms with E-state index in [2.05, 4.69) is 74.0 Å². The second-order valence-corrected chi connectivity index (χ2v) is 13.1. The normalized spacial score (nSPS) is 18.5. The van der Waals surface area contributed by atoms with Crippen LogP contribution in [-0.4, -0.2) is 22.0 Å². The van der Waals surface area contributed by atoms with Crippen molar-refractivity contribution in [2.24, 2.45) is 7.05 Å². The summed E-state index contributed by atoms with van der Waals surface area (Å²) in [7, 11) is 2.06. The molecule has 0 N–H and O–H groups in total. The van der Waals surface area contributed by atoms with Crippen LogP contribution in [0.2, 0.25) is 0 Å². The first kappa shape index (κ1) is 23.0. The molecular weight excluding hydrogens is 421 g/mol. The van der Waals surface area contributed by atoms with E-state index in [1.807, 2.05) is 0 Å². The van der Waals surface area contributed by atoms with Crippen molar-refractivity contribution in [3.05, 3.63) is 48.5 Å². The van der Waals surface area contributed by atoms with Crippen LogP contribution in [0, 0.1) is 0 Å². The average Bonchev–Trinajstić information content (AvgIpc) is 3.13. The number of aryl methyl sites for hydroxylation is 1. The van der Waals surface area contributed by atoms with Gasteiger partial charge in [-0.2, -0.15) is 0 Å². The number of hydrogen-bond donors (Lipinski definition) is 0. The van der Waals surface area contributed by atoms with Crippen molar-refractivity contribution in [3.63, 3.8) is 0 Å². The van der Waals surface area contributed by atoms with Gasteiger partial charge in [0.1, 0.15) is 5.75 Å². The van der Waals surface area contributed by atoms with Gasteiger partial charge in [0, 0.05) is 28.8 Å². The topological polar surface area (TPSA) is 14.2 Å². The molecule has 2 aliphatic rings. The number of benzene rings is 2. The van der Waals surface area contributed by atoms with Gasteiger partial charge < -0.3 is 9.30 Å². The molecule has 3 heteroatoms. The van der Waals surface area contributed by atoms with Gasteiger partial charge in [0.2, 0.25) is 0 Å². The quantitative estimate of drug-likeness (QED) is 0.336. The third-order valence-corrected chi connectivity index (χ3v) is 11.4. The molecule has 0 spiro atoms. The minimum Gasteiger partial charge on any atom is -0.490 e. The van der Waals surface area contributed by atoms with Crippen molar-refractivity contribution in [1.82, 2.24) is 4.57 Å². The summed E-state index contributed by atoms with van der Waals surface area (Å²) in [6, 6.07) is 18.0. The van der Waals surface area contributed by atoms with Gasteiger partial charge in [-0.1, -0.05) is 76.8 Å². The van der Waals surface area contributed by atoms with Crippen LogP contribution in [-0.2, 0) is 7.05 Å². The zero-order chi connectivity index (χ0) is 22.8. The van der Waals surface area contributed by atoms with Gasteiger partial charge in [0.15, 0.2) is 0 Å². The summed E-state index contributed by atoms with van der Waals surface area (Å²) in [6.45, 7) is 4.27. The Morgan fingerprint density at radius 2 is 1.36 bits per heavy atom. The Bertz CT molecular complexity index is 1050. The Balaban J connectivity index is 1.74. The fourth-order valence-corrected chi connectivity index (χ4v) is 10.5. The Kier molecular flexibility index (Phi) is 7.12. The largest absolute Gasteiger partial charge is 0.490 e. The first-order chi connectivity index (χ1) is 16.1. The molecule has 2 fully saturated rings. The van der Waals surface area contributed by atoms with Crippen LogP contribution in [0.4, 0.5) is 0 Å². The summed E-state index contributed by atoms with van der Waals surface area (Å²) in [5.41, 5.74) is 5.83. The standard InChI is InChI=1S/C30H40NOP/c1-22(2)32-28-21-13-11-19-26(28)29-30(25-18-10-12-20-27(25)31(29)3)33(23-14-6-4-7-15-23)24-16-8-5-9-17-24/h10-13,18-24H,4-9,14-17H2,1-3H3. The van der Waals surface area contributed by atoms with E-state index in [1.165, 1.54) is 86.4 Å². The molecule has 5 rings (SSSR count). The molecule has 2 nitrogen and oxygen atoms in total. The number of ether oxygens (including phenoxy) is 1. The molecule has 0 atom stereocenters. The Morgan fingerprint density at radius 1 is 0.788 bits per heavy atom. The molecule has 3 aromatic rings. The SMILES string of the molecule is CC(C)Oc1ccccc1-c1c(P(C2CCCCC2)C2CCCCC2)c2ccccc2n1C. The van der Waals surface area contributed by atoms with Gasteiger partial charge in [-0.3, -0.25) is 0 Å². The summed E-state index contributed by atoms with van der Waals surface area (Å²) < 4.78 is 8.85. The van der Waals surface area contributed by atoms with E-state index in [0.29, 0.717) is 0 Å². The highest BCUT2D eigenvalue weighted by Gasteiger charge is 2.36. The Labute approximate surface area is 201 Å². The van der Waals surface area contributed by atoms with Crippen LogP contribution < -0.4 is 10.0 Å². The monoisotopic (exact) mass is 461 g/mol. The van der Waals surface area contributed by atoms with Crippen LogP contribution in [0.5, 0.6) is 5.75 Å². The van der Waals surface area contributed by atoms with Crippen molar-refractivity contribution in [1.29, 1.82) is 0 Å². The number of fused-ring (bicyclic) bond motifs is 1. The molecule has 176 valence electrons. The lowest BCUT2D eigenvalue weighted by molar-refractivity contribution is 0.243. The predicted molar refractivity (Wildman–Crippen MR) is 144 cm³/mol. The molecule has 33 heavy (non-hydrogen) atoms. The van der Waals surface area contributed by atoms with E-state index in [1.54, 1.807) is 5.30 Å². The fraction of sp³-hybridized carbons (Fsp3) is 0.533. The summed E-state index contributed by atoms with van der Waals surface area (Å²) in [4.78, 5) is 0. The summed E-state index contributed by atoms with van der Waals surface area (Å²) in [6.07, 6.45) is 14.4. The van der Waals surface area contributed by atoms with Crippen LogP contribution in [0.25, 0.3) is 22.2 Å². The molecule has 0 unspecified atom stereocenters. The Morgan fingerprint density at radius 3 is 2.00 bits per heavy atom. The lowest BCUT2D eigenvalue weighted by Gasteiger charge is -2.39. The van der Waals surface area contributed by atoms with E-state index in [9.17, 15) is 0 Å². The molecule has 2 aliphatic carbocycles. The minimum atomic E-state index is -0.225. The van der Waals surface area contributed by atoms with Crippen molar-refractivity contribution in [2.45, 2.75) is 95.5 Å². The molecule has 0 amide bonds. The van der Waals surface area contributed by atoms with Gasteiger partial charge >= 0.3 is 0 Å². The van der Waals surface area contributed by atoms with Gasteiger partial charge in [-0.25, -0.2) is 0 Å². The molecule has 0 radical (unpaired) electrons. The van der Waals surface area contributed by atoms with Gasteiger partial charge in [0.05, 0.1) is 11.8 Å². The molecular formula is C30H40NOP. The second-order valence-electron chi connectivity index (χ2n) is 10.4. The van der Waals surface area contributed by atoms with Crippen molar-refractivity contribution >= 4 is 24.1 Å². The number of rotatable bonds is 6. The molecule has 1 aromatic heterocycles. The molecule has 0 saturated heterocycles. The number of nitrogens with zero attached hydrogens (tertiary/aromatic N) is 1. The van der Waals surface area contributed by atoms with Crippen LogP contribution in [0.1, 0.15) is 78.1 Å². The summed E-state index contributed by atoms with van der Waals surface area (Å²) in [5.74, 6) is 1.03. The molecule has 1 heterocycles. The van der Waals surface area contributed by atoms with Crippen molar-refractivity contribution in [3.8, 4) is 17.0 Å². The van der Waals surface area contributed by atoms with Gasteiger partial charge in [0.25, 0.3) is 0 Å². The first-order valence-electron chi connectivity index (χ1n) is 13.3. The maximum atomic E-state index is 6.37. The second kappa shape index (κ2) is 10.2. The minimum absolute atomic E-state index is 0.169. The summed E-state index contributed by atoms with van der Waals surface area (Å²) in [5, 5.41) is 3.18. The third-order valence-electron chi connectivity index (χ3n) is 7.78. The lowest BCUT2D eigenvalue weighted by atomic mass is 9.99. The van der Waals surface area contributed by atoms with Crippen LogP contribution in [0.15, 0.2) is 48.5 Å². The highest BCUT2D eigenvalue weighted by molar-refractivity contribution is 7.67. The van der Waals surface area contributed by atoms with E-state index in [4.69, 9.17) is 4.74 Å². The van der Waals surface area contributed by atoms with Crippen molar-refractivity contribution < 1.29 is 4.74 Å². The average molecular weight is 462 g/mol. The maximum absolute atomic E-state index is 6.37. The van der Waals surface area contributed by atoms with E-state index in [-0.39, 0.29) is 14.0 Å². The smallest absolute Gasteiger partial charge is 0.129 e. The lowest BCUT2D eigenvalue weighted by Crippen LogP contribution is -2.27. The molecule has 0 bridgehead atoms. The number of para-hydroxylation sites is 2. The van der Waals surface area contributed by atoms with Gasteiger partial charge in [-0.15, -0.1) is 0 Å². The summed E-state index contributed by atoms with van der Waals surface area (Å²) >= 11 is 0. The Hall–Kier alpha value is -1.79. The van der Waals surface area contributed by atoms with E-state index in [0.717, 1.165) is 17.1 Å². The molecule has 2 aromatic carbocycles. The van der Waals surface area contributed by atoms with E-state index < -0.39 is 0 Å². The molecule has 2 saturated carbocycles. The highest BCUT2D eigenvalue weighted by atomic mass is 31.1. The zero-order valence-corrected chi connectivity index (χ0v) is 21.6. The van der Waals surface area contributed by atoms with Gasteiger partial charge in [-0.05, 0) is 69.0 Å². The predicted octanol–water partition coefficient (Wildman–Crippen LogP) is 8.41. The van der Waals surface area contributed by atoms with Crippen LogP contribution in [0.3, 0.4) is 0 Å². The van der Waals surface area contributed by atoms with Crippen LogP contribution >= 0.6 is 7.92 Å².